The molecular weight excluding hydrogens is 1330 g/mol. The summed E-state index contributed by atoms with van der Waals surface area (Å²) in [6.45, 7) is 70.7. The molecule has 558 valence electrons. The molecule has 0 fully saturated rings. The molecule has 0 aliphatic carbocycles. The Hall–Kier alpha value is -8.32. The third kappa shape index (κ3) is 14.0. The van der Waals surface area contributed by atoms with Gasteiger partial charge in [0.05, 0.1) is 0 Å². The second kappa shape index (κ2) is 25.6. The van der Waals surface area contributed by atoms with Crippen LogP contribution in [0.25, 0.3) is 0 Å². The van der Waals surface area contributed by atoms with Crippen LogP contribution in [0.2, 0.25) is 0 Å². The Morgan fingerprint density at radius 3 is 0.917 bits per heavy atom. The van der Waals surface area contributed by atoms with Gasteiger partial charge in [-0.05, 0) is 222 Å². The number of para-hydroxylation sites is 1. The summed E-state index contributed by atoms with van der Waals surface area (Å²) in [6.07, 6.45) is 0. The highest BCUT2D eigenvalue weighted by Gasteiger charge is 2.51. The summed E-state index contributed by atoms with van der Waals surface area (Å²) in [5.74, 6) is 3.20. The highest BCUT2D eigenvalue weighted by atomic mass is 32.2. The smallest absolute Gasteiger partial charge is 0.252 e. The van der Waals surface area contributed by atoms with Gasteiger partial charge in [-0.1, -0.05) is 298 Å². The van der Waals surface area contributed by atoms with Crippen LogP contribution in [0, 0.1) is 0 Å². The molecule has 4 aliphatic heterocycles. The van der Waals surface area contributed by atoms with E-state index in [0.29, 0.717) is 0 Å². The van der Waals surface area contributed by atoms with Gasteiger partial charge in [-0.3, -0.25) is 0 Å². The highest BCUT2D eigenvalue weighted by Crippen LogP contribution is 2.54. The number of ether oxygens (including phenoxy) is 2. The zero-order valence-corrected chi connectivity index (χ0v) is 71.8. The van der Waals surface area contributed by atoms with Crippen LogP contribution in [-0.4, -0.2) is 13.4 Å². The Bertz CT molecular complexity index is 5160. The molecule has 0 atom stereocenters. The molecule has 4 aliphatic rings. The van der Waals surface area contributed by atoms with Crippen LogP contribution in [0.5, 0.6) is 23.0 Å². The fourth-order valence-corrected chi connectivity index (χ4v) is 17.8. The van der Waals surface area contributed by atoms with Gasteiger partial charge in [0.1, 0.15) is 23.0 Å². The summed E-state index contributed by atoms with van der Waals surface area (Å²) in [5, 5.41) is 0. The van der Waals surface area contributed by atoms with Crippen molar-refractivity contribution in [2.24, 2.45) is 0 Å². The molecule has 10 aromatic rings. The van der Waals surface area contributed by atoms with Crippen LogP contribution in [0.3, 0.4) is 0 Å². The van der Waals surface area contributed by atoms with Crippen LogP contribution in [0.4, 0.5) is 51.2 Å². The second-order valence-electron chi connectivity index (χ2n) is 42.2. The van der Waals surface area contributed by atoms with Crippen LogP contribution < -0.4 is 57.0 Å². The van der Waals surface area contributed by atoms with Gasteiger partial charge in [0, 0.05) is 79.2 Å². The molecule has 14 rings (SSSR count). The Morgan fingerprint density at radius 1 is 0.231 bits per heavy atom. The molecule has 5 nitrogen and oxygen atoms in total. The van der Waals surface area contributed by atoms with E-state index >= 15 is 0 Å². The number of anilines is 9. The summed E-state index contributed by atoms with van der Waals surface area (Å²) in [7, 11) is 0. The molecule has 0 bridgehead atoms. The quantitative estimate of drug-likeness (QED) is 0.148. The molecule has 0 saturated heterocycles. The lowest BCUT2D eigenvalue weighted by molar-refractivity contribution is 0.480. The molecule has 0 unspecified atom stereocenters. The van der Waals surface area contributed by atoms with E-state index in [4.69, 9.17) is 9.47 Å². The van der Waals surface area contributed by atoms with E-state index in [9.17, 15) is 0 Å². The van der Waals surface area contributed by atoms with Crippen molar-refractivity contribution < 1.29 is 9.47 Å². The van der Waals surface area contributed by atoms with E-state index in [1.807, 2.05) is 11.8 Å². The van der Waals surface area contributed by atoms with Gasteiger partial charge in [0.25, 0.3) is 6.71 Å². The van der Waals surface area contributed by atoms with Gasteiger partial charge in [-0.15, -0.1) is 0 Å². The first kappa shape index (κ1) is 76.4. The standard InChI is InChI=1S/C100H119B2N3O2S/c1-91(2,3)60-36-40-71(41-37-60)106-73-54-82-89-83(55-73)104(69-46-62(93(7,8)9)44-63(47-69)94(10,11)12)80-52-66(97(19,20)21)50-75(99(25,26)27)87(80)101(89)77-58-78-85(59-79(77)103(82)68-34-32-31-33-35-68)108-86-57-74(107-72-42-38-61(39-43-72)92(4,5)6)56-84-90(86)102(78)88-76(100(28,29)30)51-67(98(22,23)24)53-81(88)105(84)70-48-64(95(13,14)15)45-65(49-70)96(16,17)18/h31-59H,1-30H3. The summed E-state index contributed by atoms with van der Waals surface area (Å²) < 4.78 is 14.8. The van der Waals surface area contributed by atoms with Gasteiger partial charge in [-0.2, -0.15) is 0 Å². The average molecular weight is 1450 g/mol. The summed E-state index contributed by atoms with van der Waals surface area (Å²) in [6, 6.07) is 69.0. The monoisotopic (exact) mass is 1450 g/mol. The Balaban J connectivity index is 1.14. The largest absolute Gasteiger partial charge is 0.457 e. The number of hydrogen-bond donors (Lipinski definition) is 0. The average Bonchev–Trinajstić information content (AvgIpc) is 0.658. The summed E-state index contributed by atoms with van der Waals surface area (Å²) >= 11 is 1.91. The molecule has 10 aromatic carbocycles. The van der Waals surface area contributed by atoms with E-state index in [1.54, 1.807) is 0 Å². The highest BCUT2D eigenvalue weighted by molar-refractivity contribution is 8.00. The van der Waals surface area contributed by atoms with E-state index in [0.717, 1.165) is 62.8 Å². The number of nitrogens with zero attached hydrogens (tertiary/aromatic N) is 3. The van der Waals surface area contributed by atoms with Gasteiger partial charge in [-0.25, -0.2) is 0 Å². The van der Waals surface area contributed by atoms with Crippen molar-refractivity contribution in [3.8, 4) is 23.0 Å². The van der Waals surface area contributed by atoms with Crippen LogP contribution in [-0.2, 0) is 54.1 Å². The van der Waals surface area contributed by atoms with Crippen molar-refractivity contribution in [2.75, 3.05) is 14.7 Å². The first-order valence-electron chi connectivity index (χ1n) is 39.8. The Kier molecular flexibility index (Phi) is 18.1. The zero-order valence-electron chi connectivity index (χ0n) is 71.0. The molecular formula is C100H119B2N3O2S. The first-order chi connectivity index (χ1) is 49.8. The zero-order chi connectivity index (χ0) is 78.4. The van der Waals surface area contributed by atoms with Gasteiger partial charge >= 0.3 is 0 Å². The summed E-state index contributed by atoms with van der Waals surface area (Å²) in [4.78, 5) is 10.4. The lowest BCUT2D eigenvalue weighted by Crippen LogP contribution is -2.66. The fraction of sp³-hybridized carbons (Fsp3) is 0.400. The minimum Gasteiger partial charge on any atom is -0.457 e. The van der Waals surface area contributed by atoms with Gasteiger partial charge < -0.3 is 24.2 Å². The van der Waals surface area contributed by atoms with E-state index < -0.39 is 0 Å². The van der Waals surface area contributed by atoms with E-state index in [1.165, 1.54) is 110 Å². The molecule has 8 heteroatoms. The van der Waals surface area contributed by atoms with Crippen molar-refractivity contribution in [2.45, 2.75) is 272 Å². The molecule has 0 amide bonds. The molecule has 0 aromatic heterocycles. The third-order valence-corrected chi connectivity index (χ3v) is 24.3. The molecule has 0 saturated carbocycles. The van der Waals surface area contributed by atoms with Crippen molar-refractivity contribution in [3.63, 3.8) is 0 Å². The number of fused-ring (bicyclic) bond motifs is 8. The molecule has 108 heavy (non-hydrogen) atoms. The number of benzene rings is 10. The van der Waals surface area contributed by atoms with Crippen molar-refractivity contribution in [1.29, 1.82) is 0 Å². The van der Waals surface area contributed by atoms with Gasteiger partial charge in [0.15, 0.2) is 0 Å². The fourth-order valence-electron chi connectivity index (χ4n) is 16.6. The minimum absolute atomic E-state index is 0.0120. The number of rotatable bonds is 7. The van der Waals surface area contributed by atoms with Crippen LogP contribution in [0.1, 0.15) is 263 Å². The van der Waals surface area contributed by atoms with Crippen molar-refractivity contribution in [3.05, 3.63) is 232 Å². The molecule has 0 N–H and O–H groups in total. The second-order valence-corrected chi connectivity index (χ2v) is 43.3. The SMILES string of the molecule is CC(C)(C)c1ccc(Oc2cc3c4c(c2)N(c2cc(C(C)(C)C)cc(C(C)(C)C)c2)c2cc(C(C)(C)C)cc(C(C)(C)C)c2B4c2cc4c(cc2S3)N(c2ccccc2)c2cc(Oc3ccc(C(C)(C)C)cc3)cc3c2B4c2c(cc(C(C)(C)C)cc2C(C)(C)C)N3c2cc(C(C)(C)C)cc(C(C)(C)C)c2)cc1. The summed E-state index contributed by atoms with van der Waals surface area (Å²) in [5.41, 5.74) is 29.8. The lowest BCUT2D eigenvalue weighted by atomic mass is 9.29. The van der Waals surface area contributed by atoms with Crippen molar-refractivity contribution >= 4 is 109 Å². The number of hydrogen-bond acceptors (Lipinski definition) is 6. The lowest BCUT2D eigenvalue weighted by Gasteiger charge is -2.47. The van der Waals surface area contributed by atoms with Crippen LogP contribution >= 0.6 is 11.8 Å². The Morgan fingerprint density at radius 2 is 0.556 bits per heavy atom. The predicted octanol–water partition coefficient (Wildman–Crippen LogP) is 25.1. The maximum absolute atomic E-state index is 7.43. The predicted molar refractivity (Wildman–Crippen MR) is 470 cm³/mol. The normalized spacial score (nSPS) is 14.6. The van der Waals surface area contributed by atoms with Crippen molar-refractivity contribution in [1.82, 2.24) is 0 Å². The van der Waals surface area contributed by atoms with E-state index in [-0.39, 0.29) is 67.6 Å². The minimum atomic E-state index is -0.293. The molecule has 0 spiro atoms. The first-order valence-corrected chi connectivity index (χ1v) is 40.6. The molecule has 4 heterocycles. The molecule has 0 radical (unpaired) electrons. The van der Waals surface area contributed by atoms with Gasteiger partial charge in [0.2, 0.25) is 6.71 Å². The maximum atomic E-state index is 7.43. The maximum Gasteiger partial charge on any atom is 0.252 e. The van der Waals surface area contributed by atoms with Crippen LogP contribution in [0.15, 0.2) is 186 Å². The third-order valence-electron chi connectivity index (χ3n) is 23.2. The van der Waals surface area contributed by atoms with E-state index in [2.05, 4.69) is 398 Å². The topological polar surface area (TPSA) is 28.2 Å². The Labute approximate surface area is 655 Å².